The van der Waals surface area contributed by atoms with E-state index in [1.165, 1.54) is 51.9 Å². The Labute approximate surface area is 298 Å². The number of fused-ring (bicyclic) bond motifs is 2. The minimum absolute atomic E-state index is 0. The third-order valence-corrected chi connectivity index (χ3v) is 8.60. The number of aliphatic hydroxyl groups is 1. The van der Waals surface area contributed by atoms with Crippen molar-refractivity contribution >= 4 is 21.6 Å². The molecule has 15 heteroatoms. The van der Waals surface area contributed by atoms with Crippen molar-refractivity contribution in [2.45, 2.75) is 31.7 Å². The SMILES string of the molecule is Brc1ccc(C[N+]2=C(c3ccco3)c3cc4c(cc3CC2)OCO4)cc1.OC(Cn1cncn1)(Cn1cncn1)c1ccc(F)cc1F.[Br-]. The van der Waals surface area contributed by atoms with Gasteiger partial charge in [-0.3, -0.25) is 0 Å². The minimum Gasteiger partial charge on any atom is -1.00 e. The molecule has 2 aliphatic rings. The Hall–Kier alpha value is -4.73. The van der Waals surface area contributed by atoms with E-state index < -0.39 is 17.2 Å². The normalized spacial score (nSPS) is 13.4. The number of nitrogens with zero attached hydrogens (tertiary/aromatic N) is 7. The van der Waals surface area contributed by atoms with Crippen molar-refractivity contribution < 1.29 is 49.3 Å². The van der Waals surface area contributed by atoms with Crippen molar-refractivity contribution in [2.24, 2.45) is 0 Å². The molecule has 1 N–H and O–H groups in total. The molecule has 3 aromatic heterocycles. The van der Waals surface area contributed by atoms with Crippen LogP contribution in [0.4, 0.5) is 8.78 Å². The molecule has 0 bridgehead atoms. The first-order valence-electron chi connectivity index (χ1n) is 15.0. The molecule has 0 spiro atoms. The van der Waals surface area contributed by atoms with Gasteiger partial charge in [0.05, 0.1) is 24.9 Å². The summed E-state index contributed by atoms with van der Waals surface area (Å²) in [5.74, 6) is 0.956. The summed E-state index contributed by atoms with van der Waals surface area (Å²) in [4.78, 5) is 7.57. The van der Waals surface area contributed by atoms with Crippen molar-refractivity contribution in [3.8, 4) is 11.5 Å². The van der Waals surface area contributed by atoms with Gasteiger partial charge in [-0.05, 0) is 48.0 Å². The largest absolute Gasteiger partial charge is 1.00 e. The maximum absolute atomic E-state index is 14.1. The zero-order chi connectivity index (χ0) is 33.1. The highest BCUT2D eigenvalue weighted by molar-refractivity contribution is 9.10. The minimum atomic E-state index is -1.70. The Balaban J connectivity index is 0.000000169. The van der Waals surface area contributed by atoms with Crippen molar-refractivity contribution in [3.63, 3.8) is 0 Å². The molecule has 0 aliphatic carbocycles. The van der Waals surface area contributed by atoms with Gasteiger partial charge >= 0.3 is 0 Å². The summed E-state index contributed by atoms with van der Waals surface area (Å²) in [6, 6.07) is 19.6. The van der Waals surface area contributed by atoms with E-state index in [1.807, 2.05) is 12.1 Å². The summed E-state index contributed by atoms with van der Waals surface area (Å²) in [5.41, 5.74) is 3.05. The fourth-order valence-corrected chi connectivity index (χ4v) is 6.14. The molecule has 252 valence electrons. The quantitative estimate of drug-likeness (QED) is 0.233. The lowest BCUT2D eigenvalue weighted by Crippen LogP contribution is -3.00. The fourth-order valence-electron chi connectivity index (χ4n) is 5.87. The summed E-state index contributed by atoms with van der Waals surface area (Å²) >= 11 is 3.50. The highest BCUT2D eigenvalue weighted by Gasteiger charge is 2.35. The van der Waals surface area contributed by atoms with Crippen LogP contribution in [0.3, 0.4) is 0 Å². The molecular formula is C34H29Br2F2N7O4. The first-order chi connectivity index (χ1) is 23.3. The molecule has 2 aliphatic heterocycles. The Kier molecular flexibility index (Phi) is 10.3. The predicted octanol–water partition coefficient (Wildman–Crippen LogP) is 2.12. The van der Waals surface area contributed by atoms with Gasteiger partial charge in [0.2, 0.25) is 6.79 Å². The van der Waals surface area contributed by atoms with Crippen LogP contribution < -0.4 is 26.5 Å². The number of halogens is 4. The summed E-state index contributed by atoms with van der Waals surface area (Å²) in [6.45, 7) is 1.90. The second-order valence-corrected chi connectivity index (χ2v) is 12.2. The Bertz CT molecular complexity index is 2000. The zero-order valence-electron chi connectivity index (χ0n) is 25.8. The highest BCUT2D eigenvalue weighted by Crippen LogP contribution is 2.37. The van der Waals surface area contributed by atoms with Crippen molar-refractivity contribution in [3.05, 3.63) is 142 Å². The van der Waals surface area contributed by atoms with Crippen LogP contribution in [0.25, 0.3) is 0 Å². The number of hydrogen-bond acceptors (Lipinski definition) is 8. The third kappa shape index (κ3) is 7.63. The average molecular weight is 797 g/mol. The lowest BCUT2D eigenvalue weighted by atomic mass is 9.93. The van der Waals surface area contributed by atoms with Crippen LogP contribution >= 0.6 is 15.9 Å². The topological polar surface area (TPSA) is 116 Å². The standard InChI is InChI=1S/C21H17BrNO3.C13H12F2N6O.BrH/c22-16-5-3-14(4-6-16)12-23-8-7-15-10-19-20(26-13-25-19)11-17(15)21(23)18-2-1-9-24-18;14-10-1-2-11(12(15)3-10)13(22,4-20-8-16-6-18-20)5-21-9-17-7-19-21;/h1-6,9-11H,7-8,12-13H2;1-3,6-9,22H,4-5H2;1H/q+1;;/p-1. The molecule has 11 nitrogen and oxygen atoms in total. The molecule has 5 heterocycles. The molecule has 8 rings (SSSR count). The van der Waals surface area contributed by atoms with Crippen LogP contribution in [0.5, 0.6) is 11.5 Å². The molecule has 0 saturated carbocycles. The van der Waals surface area contributed by atoms with Crippen LogP contribution in [-0.2, 0) is 31.7 Å². The van der Waals surface area contributed by atoms with Crippen LogP contribution in [0.15, 0.2) is 107 Å². The Morgan fingerprint density at radius 2 is 1.59 bits per heavy atom. The van der Waals surface area contributed by atoms with E-state index in [0.717, 1.165) is 64.7 Å². The van der Waals surface area contributed by atoms with E-state index in [2.05, 4.69) is 77.1 Å². The molecular weight excluding hydrogens is 768 g/mol. The lowest BCUT2D eigenvalue weighted by molar-refractivity contribution is -0.544. The van der Waals surface area contributed by atoms with Crippen LogP contribution in [0.1, 0.15) is 28.0 Å². The van der Waals surface area contributed by atoms with Gasteiger partial charge in [-0.25, -0.2) is 32.7 Å². The van der Waals surface area contributed by atoms with Gasteiger partial charge in [-0.1, -0.05) is 34.1 Å². The second kappa shape index (κ2) is 14.8. The summed E-state index contributed by atoms with van der Waals surface area (Å²) in [5, 5.41) is 18.8. The van der Waals surface area contributed by atoms with Crippen LogP contribution in [0, 0.1) is 11.6 Å². The van der Waals surface area contributed by atoms with Gasteiger partial charge in [0.15, 0.2) is 23.8 Å². The molecule has 0 fully saturated rings. The summed E-state index contributed by atoms with van der Waals surface area (Å²) in [7, 11) is 0. The second-order valence-electron chi connectivity index (χ2n) is 11.3. The van der Waals surface area contributed by atoms with Gasteiger partial charge in [0.1, 0.15) is 49.1 Å². The number of hydrogen-bond donors (Lipinski definition) is 1. The van der Waals surface area contributed by atoms with Gasteiger partial charge in [-0.2, -0.15) is 10.2 Å². The van der Waals surface area contributed by atoms with E-state index in [-0.39, 0.29) is 42.4 Å². The number of furan rings is 1. The molecule has 49 heavy (non-hydrogen) atoms. The molecule has 0 radical (unpaired) electrons. The number of aromatic nitrogens is 6. The van der Waals surface area contributed by atoms with Gasteiger partial charge in [0.25, 0.3) is 5.71 Å². The summed E-state index contributed by atoms with van der Waals surface area (Å²) < 4.78 is 50.4. The Morgan fingerprint density at radius 1 is 0.898 bits per heavy atom. The van der Waals surface area contributed by atoms with E-state index in [0.29, 0.717) is 0 Å². The monoisotopic (exact) mass is 795 g/mol. The fraction of sp³-hybridized carbons (Fsp3) is 0.206. The van der Waals surface area contributed by atoms with Crippen LogP contribution in [-0.4, -0.2) is 58.3 Å². The first-order valence-corrected chi connectivity index (χ1v) is 15.8. The van der Waals surface area contributed by atoms with Crippen molar-refractivity contribution in [1.82, 2.24) is 29.5 Å². The summed E-state index contributed by atoms with van der Waals surface area (Å²) in [6.07, 6.45) is 8.09. The molecule has 3 aromatic carbocycles. The van der Waals surface area contributed by atoms with Gasteiger partial charge in [0, 0.05) is 28.1 Å². The van der Waals surface area contributed by atoms with E-state index in [9.17, 15) is 13.9 Å². The van der Waals surface area contributed by atoms with Crippen molar-refractivity contribution in [2.75, 3.05) is 13.3 Å². The molecule has 0 atom stereocenters. The third-order valence-electron chi connectivity index (χ3n) is 8.07. The molecule has 0 amide bonds. The highest BCUT2D eigenvalue weighted by atomic mass is 79.9. The Morgan fingerprint density at radius 3 is 2.20 bits per heavy atom. The van der Waals surface area contributed by atoms with E-state index in [4.69, 9.17) is 13.9 Å². The number of rotatable bonds is 8. The predicted molar refractivity (Wildman–Crippen MR) is 171 cm³/mol. The average Bonchev–Trinajstić information content (AvgIpc) is 3.91. The maximum Gasteiger partial charge on any atom is 0.250 e. The van der Waals surface area contributed by atoms with Gasteiger partial charge in [-0.15, -0.1) is 0 Å². The number of benzene rings is 3. The van der Waals surface area contributed by atoms with Crippen molar-refractivity contribution in [1.29, 1.82) is 0 Å². The van der Waals surface area contributed by atoms with Crippen LogP contribution in [0.2, 0.25) is 0 Å². The van der Waals surface area contributed by atoms with E-state index >= 15 is 0 Å². The number of ether oxygens (including phenoxy) is 2. The van der Waals surface area contributed by atoms with Gasteiger partial charge < -0.3 is 36.0 Å². The maximum atomic E-state index is 14.1. The molecule has 0 saturated heterocycles. The smallest absolute Gasteiger partial charge is 0.250 e. The van der Waals surface area contributed by atoms with E-state index in [1.54, 1.807) is 6.26 Å². The first kappa shape index (κ1) is 34.1. The molecule has 6 aromatic rings. The lowest BCUT2D eigenvalue weighted by Gasteiger charge is -2.28. The zero-order valence-corrected chi connectivity index (χ0v) is 29.0. The molecule has 0 unspecified atom stereocenters.